The van der Waals surface area contributed by atoms with Crippen LogP contribution in [0.15, 0.2) is 46.9 Å². The Kier molecular flexibility index (Phi) is 5.15. The van der Waals surface area contributed by atoms with E-state index in [0.717, 1.165) is 11.3 Å². The molecule has 106 valence electrons. The Balaban J connectivity index is 2.41. The Morgan fingerprint density at radius 1 is 1.25 bits per heavy atom. The SMILES string of the molecule is CCOc1cccc(C(NC)c2cccc(Br)c2F)c1. The number of halogens is 2. The predicted molar refractivity (Wildman–Crippen MR) is 82.6 cm³/mol. The molecule has 2 aromatic carbocycles. The van der Waals surface area contributed by atoms with Crippen LogP contribution in [-0.4, -0.2) is 13.7 Å². The van der Waals surface area contributed by atoms with Crippen LogP contribution in [-0.2, 0) is 0 Å². The zero-order valence-corrected chi connectivity index (χ0v) is 13.1. The third-order valence-electron chi connectivity index (χ3n) is 3.08. The van der Waals surface area contributed by atoms with Crippen LogP contribution in [0, 0.1) is 5.82 Å². The van der Waals surface area contributed by atoms with Crippen molar-refractivity contribution in [2.24, 2.45) is 0 Å². The van der Waals surface area contributed by atoms with Crippen molar-refractivity contribution in [3.63, 3.8) is 0 Å². The lowest BCUT2D eigenvalue weighted by atomic mass is 9.98. The van der Waals surface area contributed by atoms with Gasteiger partial charge in [-0.1, -0.05) is 24.3 Å². The molecule has 0 aliphatic carbocycles. The summed E-state index contributed by atoms with van der Waals surface area (Å²) in [6.07, 6.45) is 0. The van der Waals surface area contributed by atoms with Crippen molar-refractivity contribution in [1.29, 1.82) is 0 Å². The second-order valence-electron chi connectivity index (χ2n) is 4.37. The van der Waals surface area contributed by atoms with Crippen molar-refractivity contribution in [1.82, 2.24) is 5.32 Å². The summed E-state index contributed by atoms with van der Waals surface area (Å²) in [5.74, 6) is 0.550. The lowest BCUT2D eigenvalue weighted by Crippen LogP contribution is -2.19. The molecule has 0 saturated carbocycles. The van der Waals surface area contributed by atoms with Crippen LogP contribution in [0.2, 0.25) is 0 Å². The number of nitrogens with one attached hydrogen (secondary N) is 1. The fourth-order valence-corrected chi connectivity index (χ4v) is 2.58. The van der Waals surface area contributed by atoms with E-state index in [1.54, 1.807) is 12.1 Å². The number of hydrogen-bond donors (Lipinski definition) is 1. The van der Waals surface area contributed by atoms with Crippen LogP contribution < -0.4 is 10.1 Å². The summed E-state index contributed by atoms with van der Waals surface area (Å²) < 4.78 is 20.2. The molecule has 1 atom stereocenters. The van der Waals surface area contributed by atoms with Gasteiger partial charge in [0.05, 0.1) is 17.1 Å². The molecule has 1 unspecified atom stereocenters. The zero-order valence-electron chi connectivity index (χ0n) is 11.5. The molecular formula is C16H17BrFNO. The first-order valence-electron chi connectivity index (χ1n) is 6.51. The Bertz CT molecular complexity index is 588. The van der Waals surface area contributed by atoms with Gasteiger partial charge in [0.25, 0.3) is 0 Å². The van der Waals surface area contributed by atoms with Crippen molar-refractivity contribution in [2.45, 2.75) is 13.0 Å². The smallest absolute Gasteiger partial charge is 0.142 e. The van der Waals surface area contributed by atoms with Crippen molar-refractivity contribution >= 4 is 15.9 Å². The molecule has 0 heterocycles. The van der Waals surface area contributed by atoms with E-state index in [-0.39, 0.29) is 11.9 Å². The van der Waals surface area contributed by atoms with Crippen LogP contribution in [0.1, 0.15) is 24.1 Å². The van der Waals surface area contributed by atoms with Gasteiger partial charge in [-0.2, -0.15) is 0 Å². The molecule has 0 spiro atoms. The van der Waals surface area contributed by atoms with Crippen LogP contribution in [0.25, 0.3) is 0 Å². The Hall–Kier alpha value is -1.39. The molecular weight excluding hydrogens is 321 g/mol. The summed E-state index contributed by atoms with van der Waals surface area (Å²) in [6.45, 7) is 2.55. The molecule has 20 heavy (non-hydrogen) atoms. The number of ether oxygens (including phenoxy) is 1. The molecule has 0 bridgehead atoms. The number of benzene rings is 2. The van der Waals surface area contributed by atoms with Gasteiger partial charge in [0.1, 0.15) is 11.6 Å². The maximum Gasteiger partial charge on any atom is 0.142 e. The van der Waals surface area contributed by atoms with Gasteiger partial charge in [-0.15, -0.1) is 0 Å². The normalized spacial score (nSPS) is 12.2. The average Bonchev–Trinajstić information content (AvgIpc) is 2.45. The van der Waals surface area contributed by atoms with Crippen LogP contribution >= 0.6 is 15.9 Å². The summed E-state index contributed by atoms with van der Waals surface area (Å²) in [7, 11) is 1.82. The zero-order chi connectivity index (χ0) is 14.5. The number of hydrogen-bond acceptors (Lipinski definition) is 2. The number of rotatable bonds is 5. The molecule has 0 aromatic heterocycles. The molecule has 0 aliphatic rings. The molecule has 4 heteroatoms. The second-order valence-corrected chi connectivity index (χ2v) is 5.22. The van der Waals surface area contributed by atoms with Crippen LogP contribution in [0.5, 0.6) is 5.75 Å². The Morgan fingerprint density at radius 2 is 2.00 bits per heavy atom. The average molecular weight is 338 g/mol. The quantitative estimate of drug-likeness (QED) is 0.878. The third-order valence-corrected chi connectivity index (χ3v) is 3.70. The van der Waals surface area contributed by atoms with Crippen LogP contribution in [0.3, 0.4) is 0 Å². The van der Waals surface area contributed by atoms with Crippen molar-refractivity contribution in [3.05, 3.63) is 63.9 Å². The lowest BCUT2D eigenvalue weighted by molar-refractivity contribution is 0.339. The van der Waals surface area contributed by atoms with Crippen LogP contribution in [0.4, 0.5) is 4.39 Å². The first-order valence-corrected chi connectivity index (χ1v) is 7.30. The van der Waals surface area contributed by atoms with E-state index >= 15 is 0 Å². The highest BCUT2D eigenvalue weighted by atomic mass is 79.9. The molecule has 1 N–H and O–H groups in total. The van der Waals surface area contributed by atoms with Gasteiger partial charge in [0, 0.05) is 5.56 Å². The van der Waals surface area contributed by atoms with Gasteiger partial charge in [-0.3, -0.25) is 0 Å². The topological polar surface area (TPSA) is 21.3 Å². The molecule has 2 nitrogen and oxygen atoms in total. The fraction of sp³-hybridized carbons (Fsp3) is 0.250. The molecule has 2 aromatic rings. The molecule has 0 saturated heterocycles. The largest absolute Gasteiger partial charge is 0.494 e. The molecule has 2 rings (SSSR count). The predicted octanol–water partition coefficient (Wildman–Crippen LogP) is 4.30. The second kappa shape index (κ2) is 6.86. The van der Waals surface area contributed by atoms with E-state index in [9.17, 15) is 4.39 Å². The maximum atomic E-state index is 14.3. The van der Waals surface area contributed by atoms with E-state index in [4.69, 9.17) is 4.74 Å². The van der Waals surface area contributed by atoms with Gasteiger partial charge >= 0.3 is 0 Å². The minimum atomic E-state index is -0.242. The first-order chi connectivity index (χ1) is 9.67. The lowest BCUT2D eigenvalue weighted by Gasteiger charge is -2.19. The van der Waals surface area contributed by atoms with Crippen molar-refractivity contribution in [2.75, 3.05) is 13.7 Å². The first kappa shape index (κ1) is 15.0. The third kappa shape index (κ3) is 3.19. The highest BCUT2D eigenvalue weighted by molar-refractivity contribution is 9.10. The van der Waals surface area contributed by atoms with Crippen molar-refractivity contribution in [3.8, 4) is 5.75 Å². The van der Waals surface area contributed by atoms with Gasteiger partial charge in [0.2, 0.25) is 0 Å². The van der Waals surface area contributed by atoms with E-state index in [0.29, 0.717) is 16.6 Å². The summed E-state index contributed by atoms with van der Waals surface area (Å²) in [4.78, 5) is 0. The summed E-state index contributed by atoms with van der Waals surface area (Å²) in [5, 5.41) is 3.16. The minimum absolute atomic E-state index is 0.215. The Morgan fingerprint density at radius 3 is 2.70 bits per heavy atom. The van der Waals surface area contributed by atoms with Gasteiger partial charge in [0.15, 0.2) is 0 Å². The molecule has 0 aliphatic heterocycles. The summed E-state index contributed by atoms with van der Waals surface area (Å²) in [5.41, 5.74) is 1.57. The van der Waals surface area contributed by atoms with Gasteiger partial charge in [-0.05, 0) is 53.7 Å². The fourth-order valence-electron chi connectivity index (χ4n) is 2.20. The molecule has 0 fully saturated rings. The van der Waals surface area contributed by atoms with E-state index < -0.39 is 0 Å². The minimum Gasteiger partial charge on any atom is -0.494 e. The highest BCUT2D eigenvalue weighted by Gasteiger charge is 2.18. The maximum absolute atomic E-state index is 14.3. The van der Waals surface area contributed by atoms with E-state index in [1.165, 1.54) is 0 Å². The Labute approximate surface area is 127 Å². The van der Waals surface area contributed by atoms with Crippen molar-refractivity contribution < 1.29 is 9.13 Å². The summed E-state index contributed by atoms with van der Waals surface area (Å²) >= 11 is 3.23. The standard InChI is InChI=1S/C16H17BrFNO/c1-3-20-12-7-4-6-11(10-12)16(19-2)13-8-5-9-14(17)15(13)18/h4-10,16,19H,3H2,1-2H3. The van der Waals surface area contributed by atoms with E-state index in [2.05, 4.69) is 21.2 Å². The monoisotopic (exact) mass is 337 g/mol. The van der Waals surface area contributed by atoms with Gasteiger partial charge < -0.3 is 10.1 Å². The van der Waals surface area contributed by atoms with Gasteiger partial charge in [-0.25, -0.2) is 4.39 Å². The highest BCUT2D eigenvalue weighted by Crippen LogP contribution is 2.29. The summed E-state index contributed by atoms with van der Waals surface area (Å²) in [6, 6.07) is 12.8. The molecule has 0 amide bonds. The molecule has 0 radical (unpaired) electrons. The van der Waals surface area contributed by atoms with E-state index in [1.807, 2.05) is 44.3 Å².